The number of ketones is 1. The number of carbonyl (C=O) groups is 1. The van der Waals surface area contributed by atoms with E-state index in [1.54, 1.807) is 0 Å². The van der Waals surface area contributed by atoms with Crippen LogP contribution in [0.3, 0.4) is 0 Å². The number of rotatable bonds is 7. The van der Waals surface area contributed by atoms with Crippen LogP contribution in [0.5, 0.6) is 0 Å². The molecule has 0 aromatic carbocycles. The zero-order chi connectivity index (χ0) is 24.3. The number of aliphatic hydroxyl groups excluding tert-OH is 1. The Labute approximate surface area is 207 Å². The van der Waals surface area contributed by atoms with E-state index in [4.69, 9.17) is 23.7 Å². The molecule has 0 bridgehead atoms. The lowest BCUT2D eigenvalue weighted by Gasteiger charge is -2.40. The van der Waals surface area contributed by atoms with Gasteiger partial charge in [0.25, 0.3) is 0 Å². The van der Waals surface area contributed by atoms with Crippen molar-refractivity contribution in [2.24, 2.45) is 11.8 Å². The molecule has 0 spiro atoms. The summed E-state index contributed by atoms with van der Waals surface area (Å²) in [5.41, 5.74) is -0.113. The molecule has 5 saturated heterocycles. The third-order valence-corrected chi connectivity index (χ3v) is 9.52. The first-order valence-electron chi connectivity index (χ1n) is 13.6. The maximum atomic E-state index is 12.7. The molecule has 2 N–H and O–H groups in total. The van der Waals surface area contributed by atoms with Gasteiger partial charge in [-0.05, 0) is 56.9 Å². The molecular weight excluding hydrogens is 452 g/mol. The molecule has 35 heavy (non-hydrogen) atoms. The molecule has 0 aromatic rings. The summed E-state index contributed by atoms with van der Waals surface area (Å²) in [7, 11) is 0. The number of ether oxygens (including phenoxy) is 5. The molecule has 1 aliphatic carbocycles. The molecule has 5 heterocycles. The molecule has 8 unspecified atom stereocenters. The Morgan fingerprint density at radius 2 is 1.86 bits per heavy atom. The monoisotopic (exact) mass is 492 g/mol. The summed E-state index contributed by atoms with van der Waals surface area (Å²) in [6.07, 6.45) is 3.88. The summed E-state index contributed by atoms with van der Waals surface area (Å²) in [5, 5.41) is 23.0. The second-order valence-corrected chi connectivity index (χ2v) is 11.8. The van der Waals surface area contributed by atoms with Crippen molar-refractivity contribution in [1.29, 1.82) is 0 Å². The standard InChI is InChI=1S/C27H40O8/c1-14-9-18(32-13-14)3-4-20-12-22-25(34-20)27(30)21-6-5-19(33-24(21)23(29)26(27)35-22)11-17(28)10-16-7-8-31-15(16)2/h15-16,18-26,29-30H,1,3-13H2,2H3/t15-,16?,18?,19?,20+,21?,22+,23?,24-,25?,26?,27?/m0/s1. The summed E-state index contributed by atoms with van der Waals surface area (Å²) in [6, 6.07) is 0. The molecule has 8 heteroatoms. The molecule has 6 fully saturated rings. The lowest BCUT2D eigenvalue weighted by atomic mass is 9.78. The Hall–Kier alpha value is -0.870. The number of carbonyl (C=O) groups excluding carboxylic acids is 1. The molecule has 12 atom stereocenters. The van der Waals surface area contributed by atoms with Crippen molar-refractivity contribution in [1.82, 2.24) is 0 Å². The van der Waals surface area contributed by atoms with Crippen LogP contribution in [-0.2, 0) is 28.5 Å². The number of fused-ring (bicyclic) bond motifs is 5. The normalized spacial score (nSPS) is 50.9. The van der Waals surface area contributed by atoms with Crippen molar-refractivity contribution in [3.63, 3.8) is 0 Å². The first-order valence-corrected chi connectivity index (χ1v) is 13.6. The molecule has 6 rings (SSSR count). The second-order valence-electron chi connectivity index (χ2n) is 11.8. The minimum absolute atomic E-state index is 0.0143. The molecule has 0 radical (unpaired) electrons. The predicted molar refractivity (Wildman–Crippen MR) is 125 cm³/mol. The van der Waals surface area contributed by atoms with Crippen LogP contribution in [0.4, 0.5) is 0 Å². The molecule has 6 aliphatic rings. The van der Waals surface area contributed by atoms with E-state index >= 15 is 0 Å². The lowest BCUT2D eigenvalue weighted by Crippen LogP contribution is -2.53. The SMILES string of the molecule is C=C1COC(CC[C@@H]2C[C@H]3OC4C(O)[C@H]5OC(CC(=O)CC6CCO[C@H]6C)CCC5C4(O)C3O2)C1. The van der Waals surface area contributed by atoms with Crippen molar-refractivity contribution >= 4 is 5.78 Å². The van der Waals surface area contributed by atoms with Crippen molar-refractivity contribution in [3.05, 3.63) is 12.2 Å². The van der Waals surface area contributed by atoms with Crippen LogP contribution in [0.25, 0.3) is 0 Å². The van der Waals surface area contributed by atoms with E-state index in [1.807, 2.05) is 6.92 Å². The molecule has 196 valence electrons. The van der Waals surface area contributed by atoms with Crippen molar-refractivity contribution in [2.45, 2.75) is 125 Å². The van der Waals surface area contributed by atoms with Gasteiger partial charge in [0.1, 0.15) is 29.7 Å². The van der Waals surface area contributed by atoms with Gasteiger partial charge in [-0.3, -0.25) is 4.79 Å². The Morgan fingerprint density at radius 3 is 2.60 bits per heavy atom. The quantitative estimate of drug-likeness (QED) is 0.521. The maximum absolute atomic E-state index is 12.7. The zero-order valence-electron chi connectivity index (χ0n) is 20.7. The topological polar surface area (TPSA) is 104 Å². The van der Waals surface area contributed by atoms with Gasteiger partial charge in [0, 0.05) is 31.8 Å². The van der Waals surface area contributed by atoms with Gasteiger partial charge in [-0.25, -0.2) is 0 Å². The summed E-state index contributed by atoms with van der Waals surface area (Å²) >= 11 is 0. The second kappa shape index (κ2) is 9.46. The zero-order valence-corrected chi connectivity index (χ0v) is 20.7. The summed E-state index contributed by atoms with van der Waals surface area (Å²) in [5.74, 6) is 0.218. The molecule has 1 saturated carbocycles. The predicted octanol–water partition coefficient (Wildman–Crippen LogP) is 2.08. The van der Waals surface area contributed by atoms with Crippen LogP contribution < -0.4 is 0 Å². The van der Waals surface area contributed by atoms with E-state index in [0.717, 1.165) is 44.3 Å². The van der Waals surface area contributed by atoms with Crippen molar-refractivity contribution in [3.8, 4) is 0 Å². The van der Waals surface area contributed by atoms with Crippen LogP contribution in [0, 0.1) is 11.8 Å². The number of hydrogen-bond donors (Lipinski definition) is 2. The minimum Gasteiger partial charge on any atom is -0.388 e. The summed E-state index contributed by atoms with van der Waals surface area (Å²) < 4.78 is 30.2. The minimum atomic E-state index is -1.26. The first-order chi connectivity index (χ1) is 16.8. The largest absolute Gasteiger partial charge is 0.388 e. The van der Waals surface area contributed by atoms with Gasteiger partial charge in [-0.2, -0.15) is 0 Å². The molecule has 8 nitrogen and oxygen atoms in total. The molecular formula is C27H40O8. The third-order valence-electron chi connectivity index (χ3n) is 9.52. The average molecular weight is 493 g/mol. The van der Waals surface area contributed by atoms with Gasteiger partial charge < -0.3 is 33.9 Å². The van der Waals surface area contributed by atoms with Gasteiger partial charge in [-0.15, -0.1) is 0 Å². The highest BCUT2D eigenvalue weighted by molar-refractivity contribution is 5.79. The van der Waals surface area contributed by atoms with Crippen LogP contribution in [0.1, 0.15) is 64.7 Å². The third kappa shape index (κ3) is 4.33. The molecule has 5 aliphatic heterocycles. The van der Waals surface area contributed by atoms with Gasteiger partial charge in [0.05, 0.1) is 43.2 Å². The Bertz CT molecular complexity index is 832. The fourth-order valence-corrected chi connectivity index (χ4v) is 7.64. The van der Waals surface area contributed by atoms with E-state index in [1.165, 1.54) is 0 Å². The number of Topliss-reactive ketones (excluding diaryl/α,β-unsaturated/α-hetero) is 1. The van der Waals surface area contributed by atoms with E-state index in [9.17, 15) is 15.0 Å². The van der Waals surface area contributed by atoms with Crippen molar-refractivity contribution < 1.29 is 38.7 Å². The van der Waals surface area contributed by atoms with E-state index < -0.39 is 30.0 Å². The van der Waals surface area contributed by atoms with Crippen LogP contribution >= 0.6 is 0 Å². The Balaban J connectivity index is 1.05. The maximum Gasteiger partial charge on any atom is 0.135 e. The van der Waals surface area contributed by atoms with Crippen LogP contribution in [-0.4, -0.2) is 89.7 Å². The van der Waals surface area contributed by atoms with Gasteiger partial charge in [0.15, 0.2) is 0 Å². The highest BCUT2D eigenvalue weighted by atomic mass is 16.6. The smallest absolute Gasteiger partial charge is 0.135 e. The van der Waals surface area contributed by atoms with Gasteiger partial charge in [-0.1, -0.05) is 6.58 Å². The van der Waals surface area contributed by atoms with Gasteiger partial charge in [0.2, 0.25) is 0 Å². The molecule has 0 amide bonds. The fraction of sp³-hybridized carbons (Fsp3) is 0.889. The first kappa shape index (κ1) is 24.5. The highest BCUT2D eigenvalue weighted by Crippen LogP contribution is 2.56. The summed E-state index contributed by atoms with van der Waals surface area (Å²) in [4.78, 5) is 12.7. The average Bonchev–Trinajstić information content (AvgIpc) is 3.61. The van der Waals surface area contributed by atoms with E-state index in [2.05, 4.69) is 6.58 Å². The van der Waals surface area contributed by atoms with Crippen LogP contribution in [0.2, 0.25) is 0 Å². The summed E-state index contributed by atoms with van der Waals surface area (Å²) in [6.45, 7) is 7.40. The van der Waals surface area contributed by atoms with Crippen LogP contribution in [0.15, 0.2) is 12.2 Å². The lowest BCUT2D eigenvalue weighted by molar-refractivity contribution is -0.166. The highest BCUT2D eigenvalue weighted by Gasteiger charge is 2.72. The van der Waals surface area contributed by atoms with Gasteiger partial charge >= 0.3 is 0 Å². The van der Waals surface area contributed by atoms with E-state index in [-0.39, 0.29) is 48.1 Å². The van der Waals surface area contributed by atoms with E-state index in [0.29, 0.717) is 32.3 Å². The number of aliphatic hydroxyl groups is 2. The number of hydrogen-bond acceptors (Lipinski definition) is 8. The van der Waals surface area contributed by atoms with Crippen molar-refractivity contribution in [2.75, 3.05) is 13.2 Å². The fourth-order valence-electron chi connectivity index (χ4n) is 7.64. The Kier molecular flexibility index (Phi) is 6.61. The Morgan fingerprint density at radius 1 is 1.03 bits per heavy atom. The molecule has 0 aromatic heterocycles.